The molecular formula is C21H19N3O. The van der Waals surface area contributed by atoms with Crippen LogP contribution in [-0.2, 0) is 13.0 Å². The van der Waals surface area contributed by atoms with Gasteiger partial charge in [-0.1, -0.05) is 44.2 Å². The normalized spacial score (nSPS) is 15.8. The van der Waals surface area contributed by atoms with E-state index in [0.717, 1.165) is 28.7 Å². The quantitative estimate of drug-likeness (QED) is 0.711. The maximum Gasteiger partial charge on any atom is 0.165 e. The lowest BCUT2D eigenvalue weighted by atomic mass is 9.75. The minimum absolute atomic E-state index is 0.0698. The van der Waals surface area contributed by atoms with E-state index in [2.05, 4.69) is 32.0 Å². The van der Waals surface area contributed by atoms with Crippen LogP contribution >= 0.6 is 0 Å². The molecular weight excluding hydrogens is 310 g/mol. The fourth-order valence-corrected chi connectivity index (χ4v) is 3.66. The summed E-state index contributed by atoms with van der Waals surface area (Å²) in [7, 11) is 0. The van der Waals surface area contributed by atoms with E-state index in [1.165, 1.54) is 0 Å². The molecule has 0 amide bonds. The zero-order chi connectivity index (χ0) is 17.6. The molecule has 1 aromatic carbocycles. The monoisotopic (exact) mass is 329 g/mol. The van der Waals surface area contributed by atoms with Gasteiger partial charge >= 0.3 is 0 Å². The lowest BCUT2D eigenvalue weighted by Gasteiger charge is -2.29. The van der Waals surface area contributed by atoms with Crippen molar-refractivity contribution in [3.63, 3.8) is 0 Å². The molecule has 0 saturated heterocycles. The summed E-state index contributed by atoms with van der Waals surface area (Å²) >= 11 is 0. The molecule has 4 rings (SSSR count). The minimum Gasteiger partial charge on any atom is -0.327 e. The predicted molar refractivity (Wildman–Crippen MR) is 96.4 cm³/mol. The molecule has 4 heteroatoms. The Labute approximate surface area is 146 Å². The van der Waals surface area contributed by atoms with Gasteiger partial charge in [-0.3, -0.25) is 4.79 Å². The Morgan fingerprint density at radius 2 is 2.00 bits per heavy atom. The first-order valence-electron chi connectivity index (χ1n) is 8.47. The summed E-state index contributed by atoms with van der Waals surface area (Å²) in [6, 6.07) is 14.2. The minimum atomic E-state index is -0.0698. The van der Waals surface area contributed by atoms with Crippen molar-refractivity contribution in [1.82, 2.24) is 9.55 Å². The molecule has 4 nitrogen and oxygen atoms in total. The zero-order valence-corrected chi connectivity index (χ0v) is 14.4. The van der Waals surface area contributed by atoms with Crippen LogP contribution in [0.3, 0.4) is 0 Å². The molecule has 0 atom stereocenters. The molecule has 124 valence electrons. The van der Waals surface area contributed by atoms with Gasteiger partial charge in [-0.15, -0.1) is 0 Å². The van der Waals surface area contributed by atoms with Gasteiger partial charge in [0.05, 0.1) is 11.3 Å². The number of nitrogens with zero attached hydrogens (tertiary/aromatic N) is 3. The summed E-state index contributed by atoms with van der Waals surface area (Å²) in [5.41, 5.74) is 3.97. The molecule has 0 N–H and O–H groups in total. The smallest absolute Gasteiger partial charge is 0.165 e. The highest BCUT2D eigenvalue weighted by Gasteiger charge is 2.32. The van der Waals surface area contributed by atoms with Crippen molar-refractivity contribution in [2.24, 2.45) is 5.41 Å². The van der Waals surface area contributed by atoms with Crippen LogP contribution in [-0.4, -0.2) is 15.3 Å². The number of nitriles is 1. The molecule has 0 bridgehead atoms. The third-order valence-electron chi connectivity index (χ3n) is 4.83. The number of pyridine rings is 1. The van der Waals surface area contributed by atoms with E-state index in [9.17, 15) is 10.1 Å². The van der Waals surface area contributed by atoms with Gasteiger partial charge in [0.15, 0.2) is 5.78 Å². The standard InChI is InChI=1S/C21H19N3O/c1-21(2)9-18-17(19(25)10-21)8-16-15(11-22)13-24(20(16)23-18)12-14-6-4-3-5-7-14/h3-8,13H,9-10,12H2,1-2H3. The van der Waals surface area contributed by atoms with Crippen molar-refractivity contribution in [3.8, 4) is 6.07 Å². The van der Waals surface area contributed by atoms with Gasteiger partial charge < -0.3 is 4.57 Å². The number of hydrogen-bond acceptors (Lipinski definition) is 3. The van der Waals surface area contributed by atoms with Gasteiger partial charge in [-0.2, -0.15) is 5.26 Å². The van der Waals surface area contributed by atoms with Crippen LogP contribution in [0.2, 0.25) is 0 Å². The van der Waals surface area contributed by atoms with E-state index in [4.69, 9.17) is 4.98 Å². The number of aromatic nitrogens is 2. The van der Waals surface area contributed by atoms with Crippen LogP contribution in [0.5, 0.6) is 0 Å². The first kappa shape index (κ1) is 15.6. The molecule has 0 aliphatic heterocycles. The van der Waals surface area contributed by atoms with E-state index < -0.39 is 0 Å². The maximum atomic E-state index is 12.5. The third-order valence-corrected chi connectivity index (χ3v) is 4.83. The van der Waals surface area contributed by atoms with Gasteiger partial charge in [0.2, 0.25) is 0 Å². The Hall–Kier alpha value is -2.93. The summed E-state index contributed by atoms with van der Waals surface area (Å²) in [5.74, 6) is 0.125. The number of benzene rings is 1. The molecule has 0 fully saturated rings. The number of ketones is 1. The Bertz CT molecular complexity index is 1020. The van der Waals surface area contributed by atoms with Crippen LogP contribution in [0.25, 0.3) is 11.0 Å². The number of carbonyl (C=O) groups excluding carboxylic acids is 1. The van der Waals surface area contributed by atoms with Crippen LogP contribution in [0.1, 0.15) is 47.4 Å². The van der Waals surface area contributed by atoms with Gasteiger partial charge in [-0.05, 0) is 23.5 Å². The Balaban J connectivity index is 1.89. The molecule has 3 aromatic rings. The van der Waals surface area contributed by atoms with Crippen LogP contribution in [0.15, 0.2) is 42.6 Å². The summed E-state index contributed by atoms with van der Waals surface area (Å²) < 4.78 is 2.01. The average molecular weight is 329 g/mol. The first-order valence-corrected chi connectivity index (χ1v) is 8.47. The molecule has 2 heterocycles. The zero-order valence-electron chi connectivity index (χ0n) is 14.4. The lowest BCUT2D eigenvalue weighted by molar-refractivity contribution is 0.0910. The summed E-state index contributed by atoms with van der Waals surface area (Å²) in [4.78, 5) is 17.3. The topological polar surface area (TPSA) is 58.7 Å². The predicted octanol–water partition coefficient (Wildman–Crippen LogP) is 4.11. The molecule has 0 radical (unpaired) electrons. The van der Waals surface area contributed by atoms with E-state index in [-0.39, 0.29) is 11.2 Å². The molecule has 2 aromatic heterocycles. The van der Waals surface area contributed by atoms with Crippen molar-refractivity contribution >= 4 is 16.8 Å². The van der Waals surface area contributed by atoms with Crippen molar-refractivity contribution in [1.29, 1.82) is 5.26 Å². The van der Waals surface area contributed by atoms with Crippen LogP contribution < -0.4 is 0 Å². The van der Waals surface area contributed by atoms with Gasteiger partial charge in [-0.25, -0.2) is 4.98 Å². The number of rotatable bonds is 2. The largest absolute Gasteiger partial charge is 0.327 e. The van der Waals surface area contributed by atoms with Crippen LogP contribution in [0, 0.1) is 16.7 Å². The summed E-state index contributed by atoms with van der Waals surface area (Å²) in [5, 5.41) is 10.3. The first-order chi connectivity index (χ1) is 12.0. The molecule has 0 spiro atoms. The second-order valence-corrected chi connectivity index (χ2v) is 7.56. The SMILES string of the molecule is CC1(C)CC(=O)c2cc3c(C#N)cn(Cc4ccccc4)c3nc2C1. The van der Waals surface area contributed by atoms with Crippen LogP contribution in [0.4, 0.5) is 0 Å². The third kappa shape index (κ3) is 2.72. The number of fused-ring (bicyclic) bond motifs is 2. The maximum absolute atomic E-state index is 12.5. The van der Waals surface area contributed by atoms with Gasteiger partial charge in [0.25, 0.3) is 0 Å². The lowest BCUT2D eigenvalue weighted by Crippen LogP contribution is -2.28. The van der Waals surface area contributed by atoms with Crippen molar-refractivity contribution in [3.05, 3.63) is 65.0 Å². The summed E-state index contributed by atoms with van der Waals surface area (Å²) in [6.45, 7) is 4.86. The molecule has 25 heavy (non-hydrogen) atoms. The highest BCUT2D eigenvalue weighted by Crippen LogP contribution is 2.36. The van der Waals surface area contributed by atoms with Crippen molar-refractivity contribution < 1.29 is 4.79 Å². The molecule has 0 unspecified atom stereocenters. The number of hydrogen-bond donors (Lipinski definition) is 0. The van der Waals surface area contributed by atoms with Gasteiger partial charge in [0, 0.05) is 30.1 Å². The second kappa shape index (κ2) is 5.56. The average Bonchev–Trinajstić information content (AvgIpc) is 2.90. The van der Waals surface area contributed by atoms with E-state index in [0.29, 0.717) is 24.1 Å². The molecule has 1 aliphatic rings. The van der Waals surface area contributed by atoms with E-state index in [1.54, 1.807) is 0 Å². The number of Topliss-reactive ketones (excluding diaryl/α,β-unsaturated/α-hetero) is 1. The molecule has 0 saturated carbocycles. The fourth-order valence-electron chi connectivity index (χ4n) is 3.66. The van der Waals surface area contributed by atoms with E-state index >= 15 is 0 Å². The highest BCUT2D eigenvalue weighted by molar-refractivity contribution is 6.02. The van der Waals surface area contributed by atoms with Crippen molar-refractivity contribution in [2.45, 2.75) is 33.2 Å². The summed E-state index contributed by atoms with van der Waals surface area (Å²) in [6.07, 6.45) is 3.15. The van der Waals surface area contributed by atoms with Crippen molar-refractivity contribution in [2.75, 3.05) is 0 Å². The fraction of sp³-hybridized carbons (Fsp3) is 0.286. The Morgan fingerprint density at radius 1 is 1.24 bits per heavy atom. The second-order valence-electron chi connectivity index (χ2n) is 7.56. The van der Waals surface area contributed by atoms with E-state index in [1.807, 2.05) is 35.0 Å². The Morgan fingerprint density at radius 3 is 2.72 bits per heavy atom. The Kier molecular flexibility index (Phi) is 3.47. The van der Waals surface area contributed by atoms with Gasteiger partial charge in [0.1, 0.15) is 11.7 Å². The highest BCUT2D eigenvalue weighted by atomic mass is 16.1. The number of carbonyl (C=O) groups is 1. The molecule has 1 aliphatic carbocycles.